The Kier molecular flexibility index (Phi) is 4.26. The number of aliphatic hydroxyl groups is 1. The van der Waals surface area contributed by atoms with Crippen molar-refractivity contribution < 1.29 is 9.84 Å². The second-order valence-corrected chi connectivity index (χ2v) is 7.13. The van der Waals surface area contributed by atoms with Gasteiger partial charge in [-0.15, -0.1) is 0 Å². The third kappa shape index (κ3) is 2.82. The Morgan fingerprint density at radius 2 is 2.11 bits per heavy atom. The zero-order chi connectivity index (χ0) is 14.2. The molecule has 1 aromatic carbocycles. The zero-order valence-corrected chi connectivity index (χ0v) is 13.8. The van der Waals surface area contributed by atoms with E-state index < -0.39 is 6.10 Å². The topological polar surface area (TPSA) is 29.5 Å². The van der Waals surface area contributed by atoms with E-state index in [0.29, 0.717) is 5.92 Å². The van der Waals surface area contributed by atoms with Gasteiger partial charge in [-0.1, -0.05) is 36.2 Å². The summed E-state index contributed by atoms with van der Waals surface area (Å²) in [6, 6.07) is 4.00. The molecule has 1 N–H and O–H groups in total. The number of benzene rings is 1. The van der Waals surface area contributed by atoms with Gasteiger partial charge >= 0.3 is 0 Å². The van der Waals surface area contributed by atoms with Crippen molar-refractivity contribution in [3.05, 3.63) is 27.7 Å². The largest absolute Gasteiger partial charge is 0.496 e. The van der Waals surface area contributed by atoms with Gasteiger partial charge in [0.2, 0.25) is 0 Å². The van der Waals surface area contributed by atoms with Gasteiger partial charge in [0.15, 0.2) is 0 Å². The monoisotopic (exact) mass is 326 g/mol. The molecule has 1 saturated carbocycles. The highest BCUT2D eigenvalue weighted by molar-refractivity contribution is 9.10. The fourth-order valence-corrected chi connectivity index (χ4v) is 3.60. The Bertz CT molecular complexity index is 468. The van der Waals surface area contributed by atoms with E-state index in [-0.39, 0.29) is 5.41 Å². The Balaban J connectivity index is 2.38. The summed E-state index contributed by atoms with van der Waals surface area (Å²) in [6.07, 6.45) is 3.01. The molecular weight excluding hydrogens is 304 g/mol. The number of ether oxygens (including phenoxy) is 1. The predicted octanol–water partition coefficient (Wildman–Crippen LogP) is 4.63. The molecule has 0 bridgehead atoms. The predicted molar refractivity (Wildman–Crippen MR) is 81.5 cm³/mol. The van der Waals surface area contributed by atoms with Gasteiger partial charge < -0.3 is 9.84 Å². The summed E-state index contributed by atoms with van der Waals surface area (Å²) in [4.78, 5) is 0. The van der Waals surface area contributed by atoms with Crippen LogP contribution in [0, 0.1) is 18.3 Å². The molecule has 2 rings (SSSR count). The first kappa shape index (κ1) is 14.9. The number of aliphatic hydroxyl groups excluding tert-OH is 1. The van der Waals surface area contributed by atoms with Crippen LogP contribution in [0.2, 0.25) is 0 Å². The van der Waals surface area contributed by atoms with Crippen molar-refractivity contribution >= 4 is 15.9 Å². The molecule has 0 heterocycles. The fraction of sp³-hybridized carbons (Fsp3) is 0.625. The lowest BCUT2D eigenvalue weighted by Crippen LogP contribution is -2.24. The number of rotatable bonds is 3. The summed E-state index contributed by atoms with van der Waals surface area (Å²) in [6.45, 7) is 6.54. The molecule has 19 heavy (non-hydrogen) atoms. The Labute approximate surface area is 124 Å². The summed E-state index contributed by atoms with van der Waals surface area (Å²) in [7, 11) is 1.67. The van der Waals surface area contributed by atoms with Crippen molar-refractivity contribution in [2.45, 2.75) is 46.1 Å². The Hall–Kier alpha value is -0.540. The van der Waals surface area contributed by atoms with Gasteiger partial charge in [-0.2, -0.15) is 0 Å². The molecule has 3 heteroatoms. The van der Waals surface area contributed by atoms with Gasteiger partial charge in [0.1, 0.15) is 5.75 Å². The van der Waals surface area contributed by atoms with Crippen LogP contribution in [0.4, 0.5) is 0 Å². The van der Waals surface area contributed by atoms with E-state index in [9.17, 15) is 5.11 Å². The van der Waals surface area contributed by atoms with Crippen molar-refractivity contribution in [3.8, 4) is 5.75 Å². The maximum absolute atomic E-state index is 10.8. The highest BCUT2D eigenvalue weighted by Crippen LogP contribution is 2.50. The first-order valence-electron chi connectivity index (χ1n) is 6.89. The van der Waals surface area contributed by atoms with Gasteiger partial charge in [-0.3, -0.25) is 0 Å². The average Bonchev–Trinajstić information content (AvgIpc) is 2.71. The van der Waals surface area contributed by atoms with Crippen LogP contribution in [-0.4, -0.2) is 12.2 Å². The molecule has 0 radical (unpaired) electrons. The summed E-state index contributed by atoms with van der Waals surface area (Å²) >= 11 is 3.55. The molecule has 0 amide bonds. The average molecular weight is 327 g/mol. The van der Waals surface area contributed by atoms with Gasteiger partial charge in [0, 0.05) is 10.0 Å². The quantitative estimate of drug-likeness (QED) is 0.877. The second kappa shape index (κ2) is 5.45. The molecule has 1 aromatic rings. The molecule has 2 nitrogen and oxygen atoms in total. The maximum Gasteiger partial charge on any atom is 0.125 e. The van der Waals surface area contributed by atoms with E-state index in [1.807, 2.05) is 19.1 Å². The molecule has 0 aromatic heterocycles. The lowest BCUT2D eigenvalue weighted by molar-refractivity contribution is 0.0513. The molecular formula is C16H23BrO2. The molecule has 0 saturated heterocycles. The van der Waals surface area contributed by atoms with Crippen molar-refractivity contribution in [2.75, 3.05) is 7.11 Å². The molecule has 1 aliphatic rings. The fourth-order valence-electron chi connectivity index (χ4n) is 3.23. The molecule has 2 atom stereocenters. The normalized spacial score (nSPS) is 23.4. The number of halogens is 1. The first-order valence-corrected chi connectivity index (χ1v) is 7.68. The van der Waals surface area contributed by atoms with Crippen molar-refractivity contribution in [3.63, 3.8) is 0 Å². The number of aryl methyl sites for hydroxylation is 1. The minimum Gasteiger partial charge on any atom is -0.496 e. The maximum atomic E-state index is 10.8. The van der Waals surface area contributed by atoms with Gasteiger partial charge in [0.05, 0.1) is 13.2 Å². The molecule has 2 unspecified atom stereocenters. The Morgan fingerprint density at radius 1 is 1.42 bits per heavy atom. The van der Waals surface area contributed by atoms with Crippen molar-refractivity contribution in [2.24, 2.45) is 11.3 Å². The van der Waals surface area contributed by atoms with E-state index >= 15 is 0 Å². The van der Waals surface area contributed by atoms with E-state index in [0.717, 1.165) is 27.8 Å². The van der Waals surface area contributed by atoms with E-state index in [1.165, 1.54) is 12.8 Å². The van der Waals surface area contributed by atoms with E-state index in [4.69, 9.17) is 4.74 Å². The Morgan fingerprint density at radius 3 is 2.63 bits per heavy atom. The minimum absolute atomic E-state index is 0.196. The van der Waals surface area contributed by atoms with Crippen LogP contribution in [0.5, 0.6) is 5.75 Å². The second-order valence-electron chi connectivity index (χ2n) is 6.28. The number of hydrogen-bond donors (Lipinski definition) is 1. The highest BCUT2D eigenvalue weighted by Gasteiger charge is 2.40. The SMILES string of the molecule is COc1cc(C)c(Br)cc1C(O)C1CCCC1(C)C. The number of methoxy groups -OCH3 is 1. The molecule has 0 aliphatic heterocycles. The lowest BCUT2D eigenvalue weighted by Gasteiger charge is -2.32. The van der Waals surface area contributed by atoms with Gasteiger partial charge in [-0.05, 0) is 48.8 Å². The molecule has 106 valence electrons. The van der Waals surface area contributed by atoms with Gasteiger partial charge in [0.25, 0.3) is 0 Å². The summed E-state index contributed by atoms with van der Waals surface area (Å²) < 4.78 is 6.48. The van der Waals surface area contributed by atoms with Crippen LogP contribution in [0.15, 0.2) is 16.6 Å². The minimum atomic E-state index is -0.454. The van der Waals surface area contributed by atoms with Crippen molar-refractivity contribution in [1.82, 2.24) is 0 Å². The van der Waals surface area contributed by atoms with Crippen LogP contribution in [-0.2, 0) is 0 Å². The van der Waals surface area contributed by atoms with Crippen LogP contribution in [0.25, 0.3) is 0 Å². The lowest BCUT2D eigenvalue weighted by atomic mass is 9.76. The van der Waals surface area contributed by atoms with E-state index in [1.54, 1.807) is 7.11 Å². The van der Waals surface area contributed by atoms with Crippen LogP contribution in [0.3, 0.4) is 0 Å². The summed E-state index contributed by atoms with van der Waals surface area (Å²) in [5.41, 5.74) is 2.22. The van der Waals surface area contributed by atoms with Crippen LogP contribution < -0.4 is 4.74 Å². The third-order valence-corrected chi connectivity index (χ3v) is 5.41. The third-order valence-electron chi connectivity index (χ3n) is 4.55. The van der Waals surface area contributed by atoms with E-state index in [2.05, 4.69) is 29.8 Å². The standard InChI is InChI=1S/C16H23BrO2/c1-10-8-14(19-4)11(9-13(10)17)15(18)12-6-5-7-16(12,2)3/h8-9,12,15,18H,5-7H2,1-4H3. The highest BCUT2D eigenvalue weighted by atomic mass is 79.9. The first-order chi connectivity index (χ1) is 8.86. The van der Waals surface area contributed by atoms with Gasteiger partial charge in [-0.25, -0.2) is 0 Å². The zero-order valence-electron chi connectivity index (χ0n) is 12.2. The molecule has 0 spiro atoms. The van der Waals surface area contributed by atoms with Crippen LogP contribution >= 0.6 is 15.9 Å². The molecule has 1 fully saturated rings. The van der Waals surface area contributed by atoms with Crippen molar-refractivity contribution in [1.29, 1.82) is 0 Å². The summed E-state index contributed by atoms with van der Waals surface area (Å²) in [5, 5.41) is 10.8. The number of hydrogen-bond acceptors (Lipinski definition) is 2. The smallest absolute Gasteiger partial charge is 0.125 e. The molecule has 1 aliphatic carbocycles. The summed E-state index contributed by atoms with van der Waals surface area (Å²) in [5.74, 6) is 1.09. The van der Waals surface area contributed by atoms with Crippen LogP contribution in [0.1, 0.15) is 50.3 Å².